The van der Waals surface area contributed by atoms with Crippen molar-refractivity contribution in [3.63, 3.8) is 0 Å². The molecule has 0 amide bonds. The molecule has 0 saturated carbocycles. The van der Waals surface area contributed by atoms with E-state index in [0.717, 1.165) is 11.1 Å². The second-order valence-corrected chi connectivity index (χ2v) is 4.38. The predicted octanol–water partition coefficient (Wildman–Crippen LogP) is 2.82. The van der Waals surface area contributed by atoms with Gasteiger partial charge in [0.05, 0.1) is 12.8 Å². The van der Waals surface area contributed by atoms with Crippen molar-refractivity contribution in [2.24, 2.45) is 5.16 Å². The van der Waals surface area contributed by atoms with Gasteiger partial charge in [0, 0.05) is 5.56 Å². The van der Waals surface area contributed by atoms with Gasteiger partial charge >= 0.3 is 5.97 Å². The maximum Gasteiger partial charge on any atom is 0.373 e. The molecule has 0 unspecified atom stereocenters. The van der Waals surface area contributed by atoms with Crippen LogP contribution in [0.1, 0.15) is 25.0 Å². The Balaban J connectivity index is 3.02. The Hall–Kier alpha value is -2.74. The number of rotatable bonds is 6. The second kappa shape index (κ2) is 8.53. The number of hydrogen-bond donors (Lipinski definition) is 0. The number of esters is 1. The van der Waals surface area contributed by atoms with Gasteiger partial charge < -0.3 is 14.3 Å². The third-order valence-electron chi connectivity index (χ3n) is 2.82. The fraction of sp³-hybridized carbons (Fsp3) is 0.294. The first-order valence-electron chi connectivity index (χ1n) is 6.67. The van der Waals surface area contributed by atoms with Crippen molar-refractivity contribution in [2.45, 2.75) is 20.8 Å². The van der Waals surface area contributed by atoms with Gasteiger partial charge in [-0.3, -0.25) is 0 Å². The van der Waals surface area contributed by atoms with Crippen LogP contribution < -0.4 is 4.74 Å². The Morgan fingerprint density at radius 2 is 2.18 bits per heavy atom. The van der Waals surface area contributed by atoms with Gasteiger partial charge in [-0.1, -0.05) is 23.2 Å². The number of carbonyl (C=O) groups is 1. The Kier molecular flexibility index (Phi) is 6.71. The Bertz CT molecular complexity index is 639. The van der Waals surface area contributed by atoms with E-state index in [0.29, 0.717) is 11.5 Å². The number of ether oxygens (including phenoxy) is 2. The lowest BCUT2D eigenvalue weighted by Gasteiger charge is -2.12. The van der Waals surface area contributed by atoms with Crippen molar-refractivity contribution in [1.29, 1.82) is 0 Å². The highest BCUT2D eigenvalue weighted by Crippen LogP contribution is 2.22. The van der Waals surface area contributed by atoms with Gasteiger partial charge in [0.2, 0.25) is 5.76 Å². The number of allylic oxidation sites excluding steroid dienone is 1. The van der Waals surface area contributed by atoms with Gasteiger partial charge in [0.1, 0.15) is 5.75 Å². The summed E-state index contributed by atoms with van der Waals surface area (Å²) in [4.78, 5) is 16.5. The van der Waals surface area contributed by atoms with Crippen LogP contribution in [0, 0.1) is 19.3 Å². The van der Waals surface area contributed by atoms with Crippen molar-refractivity contribution in [1.82, 2.24) is 0 Å². The first-order valence-corrected chi connectivity index (χ1v) is 6.67. The molecular weight excluding hydrogens is 282 g/mol. The standard InChI is InChI=1S/C17H19NO4/c1-6-10-21-18-13(4)14-9-8-12(3)16(11-14)22-15(7-2)17(19)20-5/h1,7-9,11H,10H2,2-5H3. The lowest BCUT2D eigenvalue weighted by molar-refractivity contribution is -0.138. The number of benzene rings is 1. The smallest absolute Gasteiger partial charge is 0.373 e. The molecule has 0 N–H and O–H groups in total. The van der Waals surface area contributed by atoms with E-state index in [9.17, 15) is 4.79 Å². The third-order valence-corrected chi connectivity index (χ3v) is 2.82. The Labute approximate surface area is 130 Å². The summed E-state index contributed by atoms with van der Waals surface area (Å²) in [5.74, 6) is 2.47. The largest absolute Gasteiger partial charge is 0.463 e. The summed E-state index contributed by atoms with van der Waals surface area (Å²) in [6.07, 6.45) is 6.65. The highest BCUT2D eigenvalue weighted by atomic mass is 16.6. The minimum atomic E-state index is -0.532. The fourth-order valence-electron chi connectivity index (χ4n) is 1.59. The monoisotopic (exact) mass is 301 g/mol. The number of carbonyl (C=O) groups excluding carboxylic acids is 1. The zero-order valence-electron chi connectivity index (χ0n) is 13.2. The molecule has 0 radical (unpaired) electrons. The van der Waals surface area contributed by atoms with Crippen molar-refractivity contribution >= 4 is 11.7 Å². The van der Waals surface area contributed by atoms with Crippen LogP contribution in [0.15, 0.2) is 35.2 Å². The molecule has 22 heavy (non-hydrogen) atoms. The summed E-state index contributed by atoms with van der Waals surface area (Å²) < 4.78 is 10.3. The van der Waals surface area contributed by atoms with E-state index >= 15 is 0 Å². The molecule has 5 heteroatoms. The maximum atomic E-state index is 11.6. The van der Waals surface area contributed by atoms with E-state index in [4.69, 9.17) is 16.0 Å². The van der Waals surface area contributed by atoms with Gasteiger partial charge in [0.15, 0.2) is 6.61 Å². The molecule has 1 rings (SSSR count). The van der Waals surface area contributed by atoms with Crippen molar-refractivity contribution < 1.29 is 19.1 Å². The number of hydrogen-bond acceptors (Lipinski definition) is 5. The first-order chi connectivity index (χ1) is 10.5. The van der Waals surface area contributed by atoms with Crippen LogP contribution in [-0.4, -0.2) is 25.4 Å². The molecule has 0 aromatic heterocycles. The SMILES string of the molecule is C#CCON=C(C)c1ccc(C)c(OC(=CC)C(=O)OC)c1. The topological polar surface area (TPSA) is 57.1 Å². The summed E-state index contributed by atoms with van der Waals surface area (Å²) in [7, 11) is 1.30. The van der Waals surface area contributed by atoms with Crippen molar-refractivity contribution in [2.75, 3.05) is 13.7 Å². The van der Waals surface area contributed by atoms with Crippen molar-refractivity contribution in [3.05, 3.63) is 41.2 Å². The minimum Gasteiger partial charge on any atom is -0.463 e. The van der Waals surface area contributed by atoms with Crippen LogP contribution in [0.2, 0.25) is 0 Å². The molecule has 1 aromatic rings. The number of nitrogens with zero attached hydrogens (tertiary/aromatic N) is 1. The first kappa shape index (κ1) is 17.3. The Morgan fingerprint density at radius 3 is 2.77 bits per heavy atom. The summed E-state index contributed by atoms with van der Waals surface area (Å²) >= 11 is 0. The van der Waals surface area contributed by atoms with Crippen LogP contribution in [0.4, 0.5) is 0 Å². The van der Waals surface area contributed by atoms with Crippen LogP contribution in [-0.2, 0) is 14.4 Å². The van der Waals surface area contributed by atoms with Crippen LogP contribution in [0.25, 0.3) is 0 Å². The van der Waals surface area contributed by atoms with Gasteiger partial charge in [-0.05, 0) is 38.5 Å². The number of oxime groups is 1. The van der Waals surface area contributed by atoms with Gasteiger partial charge in [-0.2, -0.15) is 0 Å². The molecule has 0 aliphatic heterocycles. The lowest BCUT2D eigenvalue weighted by Crippen LogP contribution is -2.11. The summed E-state index contributed by atoms with van der Waals surface area (Å²) in [6.45, 7) is 5.48. The summed E-state index contributed by atoms with van der Waals surface area (Å²) in [5, 5.41) is 3.92. The zero-order valence-corrected chi connectivity index (χ0v) is 13.2. The molecule has 0 saturated heterocycles. The molecule has 0 aliphatic rings. The third kappa shape index (κ3) is 4.67. The number of terminal acetylenes is 1. The van der Waals surface area contributed by atoms with Gasteiger partial charge in [-0.25, -0.2) is 4.79 Å². The molecule has 0 fully saturated rings. The zero-order chi connectivity index (χ0) is 16.5. The summed E-state index contributed by atoms with van der Waals surface area (Å²) in [5.41, 5.74) is 2.34. The van der Waals surface area contributed by atoms with E-state index in [1.54, 1.807) is 26.0 Å². The van der Waals surface area contributed by atoms with Crippen LogP contribution in [0.5, 0.6) is 5.75 Å². The van der Waals surface area contributed by atoms with E-state index < -0.39 is 5.97 Å². The highest BCUT2D eigenvalue weighted by Gasteiger charge is 2.13. The average Bonchev–Trinajstić information content (AvgIpc) is 2.53. The van der Waals surface area contributed by atoms with Gasteiger partial charge in [0.25, 0.3) is 0 Å². The van der Waals surface area contributed by atoms with Crippen LogP contribution in [0.3, 0.4) is 0 Å². The molecule has 0 aliphatic carbocycles. The van der Waals surface area contributed by atoms with E-state index in [-0.39, 0.29) is 12.4 Å². The lowest BCUT2D eigenvalue weighted by atomic mass is 10.1. The Morgan fingerprint density at radius 1 is 1.45 bits per heavy atom. The van der Waals surface area contributed by atoms with Crippen LogP contribution >= 0.6 is 0 Å². The fourth-order valence-corrected chi connectivity index (χ4v) is 1.59. The van der Waals surface area contributed by atoms with E-state index in [1.165, 1.54) is 7.11 Å². The molecule has 116 valence electrons. The van der Waals surface area contributed by atoms with E-state index in [2.05, 4.69) is 15.8 Å². The van der Waals surface area contributed by atoms with Gasteiger partial charge in [-0.15, -0.1) is 6.42 Å². The maximum absolute atomic E-state index is 11.6. The molecule has 0 atom stereocenters. The second-order valence-electron chi connectivity index (χ2n) is 4.38. The molecule has 0 bridgehead atoms. The minimum absolute atomic E-state index is 0.109. The number of methoxy groups -OCH3 is 1. The summed E-state index contributed by atoms with van der Waals surface area (Å²) in [6, 6.07) is 5.53. The van der Waals surface area contributed by atoms with E-state index in [1.807, 2.05) is 19.1 Å². The molecule has 0 heterocycles. The quantitative estimate of drug-likeness (QED) is 0.154. The average molecular weight is 301 g/mol. The van der Waals surface area contributed by atoms with Crippen molar-refractivity contribution in [3.8, 4) is 18.1 Å². The molecule has 0 spiro atoms. The number of aryl methyl sites for hydroxylation is 1. The molecule has 5 nitrogen and oxygen atoms in total. The highest BCUT2D eigenvalue weighted by molar-refractivity contribution is 5.98. The predicted molar refractivity (Wildman–Crippen MR) is 84.6 cm³/mol. The normalized spacial score (nSPS) is 11.6. The molecule has 1 aromatic carbocycles. The molecular formula is C17H19NO4.